The standard InChI is InChI=1S/C13H15NO3S/c15-10-14-12(11-1-8-18-9-11)2-4-13(5-3-12)16-6-7-17-13/h1,8-9H,2-7H2. The molecule has 1 aliphatic heterocycles. The third kappa shape index (κ3) is 1.93. The normalized spacial score (nSPS) is 24.9. The Labute approximate surface area is 110 Å². The molecule has 1 aliphatic carbocycles. The van der Waals surface area contributed by atoms with Gasteiger partial charge in [0.1, 0.15) is 0 Å². The first kappa shape index (κ1) is 12.1. The predicted octanol–water partition coefficient (Wildman–Crippen LogP) is 2.60. The molecular formula is C13H15NO3S. The summed E-state index contributed by atoms with van der Waals surface area (Å²) in [6.07, 6.45) is 4.87. The van der Waals surface area contributed by atoms with E-state index in [0.717, 1.165) is 31.2 Å². The van der Waals surface area contributed by atoms with Crippen LogP contribution >= 0.6 is 11.3 Å². The zero-order chi connectivity index (χ0) is 12.5. The molecule has 2 aliphatic rings. The maximum Gasteiger partial charge on any atom is 0.235 e. The number of nitrogens with zero attached hydrogens (tertiary/aromatic N) is 1. The average Bonchev–Trinajstić information content (AvgIpc) is 3.05. The Balaban J connectivity index is 1.84. The van der Waals surface area contributed by atoms with Gasteiger partial charge < -0.3 is 9.47 Å². The molecule has 96 valence electrons. The summed E-state index contributed by atoms with van der Waals surface area (Å²) in [6, 6.07) is 2.04. The molecule has 0 unspecified atom stereocenters. The molecule has 0 radical (unpaired) electrons. The van der Waals surface area contributed by atoms with Gasteiger partial charge in [-0.2, -0.15) is 16.3 Å². The zero-order valence-corrected chi connectivity index (χ0v) is 10.9. The summed E-state index contributed by atoms with van der Waals surface area (Å²) in [4.78, 5) is 14.8. The molecule has 0 atom stereocenters. The van der Waals surface area contributed by atoms with E-state index in [4.69, 9.17) is 9.47 Å². The molecule has 2 heterocycles. The Hall–Kier alpha value is -1.00. The van der Waals surface area contributed by atoms with Crippen LogP contribution in [0.4, 0.5) is 0 Å². The van der Waals surface area contributed by atoms with Crippen LogP contribution in [0.15, 0.2) is 21.8 Å². The lowest BCUT2D eigenvalue weighted by Gasteiger charge is -2.40. The minimum Gasteiger partial charge on any atom is -0.348 e. The fraction of sp³-hybridized carbons (Fsp3) is 0.615. The van der Waals surface area contributed by atoms with Crippen molar-refractivity contribution in [3.05, 3.63) is 22.4 Å². The van der Waals surface area contributed by atoms with Crippen LogP contribution in [0, 0.1) is 0 Å². The Morgan fingerprint density at radius 3 is 2.50 bits per heavy atom. The van der Waals surface area contributed by atoms with Crippen LogP contribution in [0.1, 0.15) is 31.2 Å². The lowest BCUT2D eigenvalue weighted by molar-refractivity contribution is -0.184. The van der Waals surface area contributed by atoms with Crippen LogP contribution < -0.4 is 0 Å². The van der Waals surface area contributed by atoms with Gasteiger partial charge in [-0.15, -0.1) is 0 Å². The minimum absolute atomic E-state index is 0.414. The second-order valence-electron chi connectivity index (χ2n) is 4.85. The van der Waals surface area contributed by atoms with Crippen LogP contribution in [0.5, 0.6) is 0 Å². The molecule has 3 rings (SSSR count). The predicted molar refractivity (Wildman–Crippen MR) is 67.2 cm³/mol. The first-order valence-corrected chi connectivity index (χ1v) is 7.13. The van der Waals surface area contributed by atoms with E-state index in [1.54, 1.807) is 17.4 Å². The zero-order valence-electron chi connectivity index (χ0n) is 10.1. The molecule has 0 N–H and O–H groups in total. The van der Waals surface area contributed by atoms with Gasteiger partial charge in [0.2, 0.25) is 6.08 Å². The van der Waals surface area contributed by atoms with Crippen LogP contribution in [-0.4, -0.2) is 25.1 Å². The van der Waals surface area contributed by atoms with Gasteiger partial charge in [-0.05, 0) is 35.2 Å². The highest BCUT2D eigenvalue weighted by atomic mass is 32.1. The fourth-order valence-corrected chi connectivity index (χ4v) is 3.66. The lowest BCUT2D eigenvalue weighted by atomic mass is 9.75. The van der Waals surface area contributed by atoms with Gasteiger partial charge in [0.15, 0.2) is 5.79 Å². The maximum absolute atomic E-state index is 10.7. The number of carbonyl (C=O) groups excluding carboxylic acids is 1. The largest absolute Gasteiger partial charge is 0.348 e. The summed E-state index contributed by atoms with van der Waals surface area (Å²) in [5.74, 6) is -0.419. The van der Waals surface area contributed by atoms with Crippen molar-refractivity contribution >= 4 is 17.4 Å². The number of rotatable bonds is 2. The summed E-state index contributed by atoms with van der Waals surface area (Å²) in [7, 11) is 0. The molecule has 2 fully saturated rings. The Morgan fingerprint density at radius 2 is 1.94 bits per heavy atom. The topological polar surface area (TPSA) is 47.9 Å². The highest BCUT2D eigenvalue weighted by molar-refractivity contribution is 7.08. The van der Waals surface area contributed by atoms with Crippen molar-refractivity contribution in [1.82, 2.24) is 0 Å². The van der Waals surface area contributed by atoms with E-state index < -0.39 is 11.3 Å². The van der Waals surface area contributed by atoms with Crippen molar-refractivity contribution in [3.63, 3.8) is 0 Å². The molecule has 1 spiro atoms. The van der Waals surface area contributed by atoms with E-state index in [0.29, 0.717) is 13.2 Å². The number of ether oxygens (including phenoxy) is 2. The molecule has 1 saturated carbocycles. The Bertz CT molecular complexity index is 449. The van der Waals surface area contributed by atoms with E-state index in [9.17, 15) is 4.79 Å². The molecule has 0 amide bonds. The molecule has 1 aromatic rings. The maximum atomic E-state index is 10.7. The second kappa shape index (κ2) is 4.59. The smallest absolute Gasteiger partial charge is 0.235 e. The Kier molecular flexibility index (Phi) is 3.08. The first-order chi connectivity index (χ1) is 8.79. The number of hydrogen-bond donors (Lipinski definition) is 0. The van der Waals surface area contributed by atoms with Gasteiger partial charge in [-0.25, -0.2) is 4.79 Å². The third-order valence-electron chi connectivity index (χ3n) is 3.97. The van der Waals surface area contributed by atoms with Gasteiger partial charge in [0.05, 0.1) is 18.8 Å². The van der Waals surface area contributed by atoms with Gasteiger partial charge in [0, 0.05) is 12.8 Å². The van der Waals surface area contributed by atoms with E-state index in [-0.39, 0.29) is 0 Å². The molecule has 5 heteroatoms. The first-order valence-electron chi connectivity index (χ1n) is 6.18. The van der Waals surface area contributed by atoms with E-state index >= 15 is 0 Å². The van der Waals surface area contributed by atoms with Gasteiger partial charge in [-0.3, -0.25) is 0 Å². The molecule has 4 nitrogen and oxygen atoms in total. The molecule has 1 saturated heterocycles. The van der Waals surface area contributed by atoms with E-state index in [1.165, 1.54) is 0 Å². The summed E-state index contributed by atoms with van der Waals surface area (Å²) in [5, 5.41) is 4.08. The van der Waals surface area contributed by atoms with Gasteiger partial charge in [0.25, 0.3) is 0 Å². The third-order valence-corrected chi connectivity index (χ3v) is 4.65. The van der Waals surface area contributed by atoms with Crippen molar-refractivity contribution < 1.29 is 14.3 Å². The number of hydrogen-bond acceptors (Lipinski definition) is 5. The van der Waals surface area contributed by atoms with Crippen LogP contribution in [-0.2, 0) is 19.8 Å². The summed E-state index contributed by atoms with van der Waals surface area (Å²) >= 11 is 1.63. The van der Waals surface area contributed by atoms with Crippen LogP contribution in [0.3, 0.4) is 0 Å². The van der Waals surface area contributed by atoms with Gasteiger partial charge in [-0.1, -0.05) is 0 Å². The second-order valence-corrected chi connectivity index (χ2v) is 5.63. The van der Waals surface area contributed by atoms with E-state index in [2.05, 4.69) is 10.4 Å². The monoisotopic (exact) mass is 265 g/mol. The van der Waals surface area contributed by atoms with Crippen LogP contribution in [0.25, 0.3) is 0 Å². The molecule has 0 aromatic carbocycles. The van der Waals surface area contributed by atoms with Crippen molar-refractivity contribution in [2.24, 2.45) is 4.99 Å². The number of isocyanates is 1. The quantitative estimate of drug-likeness (QED) is 0.610. The molecule has 0 bridgehead atoms. The fourth-order valence-electron chi connectivity index (χ4n) is 2.91. The average molecular weight is 265 g/mol. The van der Waals surface area contributed by atoms with Crippen molar-refractivity contribution in [3.8, 4) is 0 Å². The summed E-state index contributed by atoms with van der Waals surface area (Å²) in [5.41, 5.74) is 0.700. The van der Waals surface area contributed by atoms with E-state index in [1.807, 2.05) is 11.4 Å². The highest BCUT2D eigenvalue weighted by Crippen LogP contribution is 2.47. The summed E-state index contributed by atoms with van der Waals surface area (Å²) in [6.45, 7) is 1.34. The van der Waals surface area contributed by atoms with Crippen molar-refractivity contribution in [2.75, 3.05) is 13.2 Å². The number of aliphatic imine (C=N–C) groups is 1. The van der Waals surface area contributed by atoms with Crippen molar-refractivity contribution in [1.29, 1.82) is 0 Å². The molecule has 18 heavy (non-hydrogen) atoms. The SMILES string of the molecule is O=C=NC1(c2ccsc2)CCC2(CC1)OCCO2. The van der Waals surface area contributed by atoms with Crippen LogP contribution in [0.2, 0.25) is 0 Å². The lowest BCUT2D eigenvalue weighted by Crippen LogP contribution is -2.41. The van der Waals surface area contributed by atoms with Gasteiger partial charge >= 0.3 is 0 Å². The summed E-state index contributed by atoms with van der Waals surface area (Å²) < 4.78 is 11.4. The van der Waals surface area contributed by atoms with Crippen molar-refractivity contribution in [2.45, 2.75) is 37.0 Å². The highest BCUT2D eigenvalue weighted by Gasteiger charge is 2.47. The molecule has 1 aromatic heterocycles. The number of thiophene rings is 1. The Morgan fingerprint density at radius 1 is 1.22 bits per heavy atom. The molecular weight excluding hydrogens is 250 g/mol. The minimum atomic E-state index is -0.419.